The fraction of sp³-hybridized carbons (Fsp3) is 0.333. The van der Waals surface area contributed by atoms with Crippen molar-refractivity contribution in [1.29, 1.82) is 0 Å². The number of benzene rings is 3. The van der Waals surface area contributed by atoms with Crippen molar-refractivity contribution in [2.75, 3.05) is 18.1 Å². The first kappa shape index (κ1) is 36.9. The fourth-order valence-corrected chi connectivity index (χ4v) is 4.65. The lowest BCUT2D eigenvalue weighted by molar-refractivity contribution is -0.140. The summed E-state index contributed by atoms with van der Waals surface area (Å²) in [6, 6.07) is 21.8. The summed E-state index contributed by atoms with van der Waals surface area (Å²) in [6.45, 7) is 6.17. The van der Waals surface area contributed by atoms with E-state index in [1.165, 1.54) is 0 Å². The zero-order valence-corrected chi connectivity index (χ0v) is 26.6. The summed E-state index contributed by atoms with van der Waals surface area (Å²) in [5.74, 6) is -1.99. The predicted molar refractivity (Wildman–Crippen MR) is 169 cm³/mol. The quantitative estimate of drug-likeness (QED) is 0.0790. The number of hydrogen-bond donors (Lipinski definition) is 0. The topological polar surface area (TPSA) is 55.8 Å². The van der Waals surface area contributed by atoms with Gasteiger partial charge in [0.2, 0.25) is 0 Å². The molecule has 0 radical (unpaired) electrons. The Morgan fingerprint density at radius 2 is 1.00 bits per heavy atom. The Bertz CT molecular complexity index is 1480. The normalized spacial score (nSPS) is 12.6. The monoisotopic (exact) mass is 661 g/mol. The van der Waals surface area contributed by atoms with Crippen molar-refractivity contribution in [2.45, 2.75) is 65.7 Å². The molecule has 0 atom stereocenters. The van der Waals surface area contributed by atoms with Crippen LogP contribution in [0.15, 0.2) is 90.0 Å². The number of hydrogen-bond acceptors (Lipinski definition) is 5. The molecular formula is C36H37F6NO4. The van der Waals surface area contributed by atoms with Crippen LogP contribution in [0, 0.1) is 13.8 Å². The first-order chi connectivity index (χ1) is 22.0. The molecule has 0 N–H and O–H groups in total. The Morgan fingerprint density at radius 1 is 0.617 bits per heavy atom. The van der Waals surface area contributed by atoms with Crippen molar-refractivity contribution >= 4 is 29.0 Å². The van der Waals surface area contributed by atoms with E-state index < -0.39 is 35.4 Å². The van der Waals surface area contributed by atoms with E-state index in [9.17, 15) is 35.9 Å². The standard InChI is InChI=1S/C36H37F6NO4/c1-24-9-14-32(21-25(24)2)43(30-15-10-28(11-16-30)7-5-19-46-33(44)26(3)22-35(37,38)39)31-17-12-29(13-18-31)8-6-20-47-34(45)27(4)23-36(40,41)42/h9-18,21-23H,5-8,19-20H2,1-4H3. The molecule has 0 aromatic heterocycles. The van der Waals surface area contributed by atoms with Crippen molar-refractivity contribution in [2.24, 2.45) is 0 Å². The molecule has 3 rings (SSSR count). The van der Waals surface area contributed by atoms with Crippen molar-refractivity contribution < 1.29 is 45.4 Å². The number of anilines is 3. The van der Waals surface area contributed by atoms with E-state index in [4.69, 9.17) is 9.47 Å². The number of carbonyl (C=O) groups excluding carboxylic acids is 2. The van der Waals surface area contributed by atoms with Crippen LogP contribution in [-0.2, 0) is 31.9 Å². The van der Waals surface area contributed by atoms with Crippen LogP contribution in [0.5, 0.6) is 0 Å². The van der Waals surface area contributed by atoms with Crippen molar-refractivity contribution in [3.05, 3.63) is 112 Å². The zero-order chi connectivity index (χ0) is 34.8. The van der Waals surface area contributed by atoms with Crippen LogP contribution in [0.2, 0.25) is 0 Å². The van der Waals surface area contributed by atoms with Gasteiger partial charge < -0.3 is 14.4 Å². The van der Waals surface area contributed by atoms with Gasteiger partial charge in [-0.25, -0.2) is 9.59 Å². The first-order valence-electron chi connectivity index (χ1n) is 14.9. The highest BCUT2D eigenvalue weighted by Crippen LogP contribution is 2.36. The number of rotatable bonds is 13. The molecule has 47 heavy (non-hydrogen) atoms. The van der Waals surface area contributed by atoms with Crippen LogP contribution >= 0.6 is 0 Å². The largest absolute Gasteiger partial charge is 0.462 e. The molecule has 252 valence electrons. The highest BCUT2D eigenvalue weighted by Gasteiger charge is 2.26. The van der Waals surface area contributed by atoms with E-state index in [2.05, 4.69) is 11.0 Å². The second-order valence-electron chi connectivity index (χ2n) is 11.2. The fourth-order valence-electron chi connectivity index (χ4n) is 4.65. The van der Waals surface area contributed by atoms with Gasteiger partial charge in [0.15, 0.2) is 0 Å². The summed E-state index contributed by atoms with van der Waals surface area (Å²) < 4.78 is 84.6. The van der Waals surface area contributed by atoms with Gasteiger partial charge >= 0.3 is 24.3 Å². The molecule has 0 unspecified atom stereocenters. The van der Waals surface area contributed by atoms with Gasteiger partial charge in [0, 0.05) is 40.4 Å². The molecule has 3 aromatic carbocycles. The number of ether oxygens (including phenoxy) is 2. The van der Waals surface area contributed by atoms with Crippen molar-refractivity contribution in [3.63, 3.8) is 0 Å². The van der Waals surface area contributed by atoms with Gasteiger partial charge in [0.25, 0.3) is 0 Å². The lowest BCUT2D eigenvalue weighted by atomic mass is 10.1. The Labute approximate surface area is 270 Å². The summed E-state index contributed by atoms with van der Waals surface area (Å²) in [7, 11) is 0. The SMILES string of the molecule is CC(=CC(F)(F)F)C(=O)OCCCc1ccc(N(c2ccc(CCCOC(=O)C(C)=CC(F)(F)F)cc2)c2ccc(C)c(C)c2)cc1. The van der Waals surface area contributed by atoms with Crippen LogP contribution in [0.25, 0.3) is 0 Å². The number of alkyl halides is 6. The van der Waals surface area contributed by atoms with E-state index in [1.807, 2.05) is 74.5 Å². The second kappa shape index (κ2) is 16.3. The average molecular weight is 662 g/mol. The molecule has 0 aliphatic carbocycles. The molecule has 0 amide bonds. The highest BCUT2D eigenvalue weighted by atomic mass is 19.4. The summed E-state index contributed by atoms with van der Waals surface area (Å²) >= 11 is 0. The van der Waals surface area contributed by atoms with Crippen molar-refractivity contribution in [3.8, 4) is 0 Å². The molecule has 0 saturated carbocycles. The van der Waals surface area contributed by atoms with E-state index >= 15 is 0 Å². The third kappa shape index (κ3) is 12.3. The second-order valence-corrected chi connectivity index (χ2v) is 11.2. The van der Waals surface area contributed by atoms with Gasteiger partial charge in [0.05, 0.1) is 13.2 Å². The number of esters is 2. The summed E-state index contributed by atoms with van der Waals surface area (Å²) in [5, 5.41) is 0. The molecule has 0 fully saturated rings. The molecule has 0 saturated heterocycles. The van der Waals surface area contributed by atoms with Gasteiger partial charge in [-0.15, -0.1) is 0 Å². The molecule has 0 bridgehead atoms. The summed E-state index contributed by atoms with van der Waals surface area (Å²) in [4.78, 5) is 25.7. The molecule has 11 heteroatoms. The van der Waals surface area contributed by atoms with Gasteiger partial charge in [-0.2, -0.15) is 26.3 Å². The van der Waals surface area contributed by atoms with Crippen LogP contribution in [0.1, 0.15) is 48.9 Å². The van der Waals surface area contributed by atoms with E-state index in [-0.39, 0.29) is 25.4 Å². The minimum atomic E-state index is -4.58. The third-order valence-corrected chi connectivity index (χ3v) is 7.23. The Morgan fingerprint density at radius 3 is 1.36 bits per heavy atom. The molecular weight excluding hydrogens is 624 g/mol. The summed E-state index contributed by atoms with van der Waals surface area (Å²) in [6.07, 6.45) is -7.32. The number of allylic oxidation sites excluding steroid dienone is 2. The van der Waals surface area contributed by atoms with Crippen LogP contribution in [-0.4, -0.2) is 37.5 Å². The van der Waals surface area contributed by atoms with E-state index in [0.717, 1.165) is 53.2 Å². The third-order valence-electron chi connectivity index (χ3n) is 7.23. The minimum Gasteiger partial charge on any atom is -0.462 e. The zero-order valence-electron chi connectivity index (χ0n) is 26.6. The number of halogens is 6. The number of nitrogens with zero attached hydrogens (tertiary/aromatic N) is 1. The van der Waals surface area contributed by atoms with Crippen LogP contribution < -0.4 is 4.90 Å². The average Bonchev–Trinajstić information content (AvgIpc) is 2.99. The van der Waals surface area contributed by atoms with Crippen LogP contribution in [0.3, 0.4) is 0 Å². The van der Waals surface area contributed by atoms with E-state index in [0.29, 0.717) is 25.7 Å². The van der Waals surface area contributed by atoms with E-state index in [1.54, 1.807) is 0 Å². The maximum Gasteiger partial charge on any atom is 0.410 e. The molecule has 5 nitrogen and oxygen atoms in total. The maximum absolute atomic E-state index is 12.4. The molecule has 0 aliphatic heterocycles. The van der Waals surface area contributed by atoms with Gasteiger partial charge in [-0.1, -0.05) is 30.3 Å². The lowest BCUT2D eigenvalue weighted by Gasteiger charge is -2.26. The Hall–Kier alpha value is -4.54. The minimum absolute atomic E-state index is 0.0120. The molecule has 0 spiro atoms. The Kier molecular flexibility index (Phi) is 12.8. The van der Waals surface area contributed by atoms with Gasteiger partial charge in [0.1, 0.15) is 0 Å². The number of aryl methyl sites for hydroxylation is 4. The van der Waals surface area contributed by atoms with Crippen molar-refractivity contribution in [1.82, 2.24) is 0 Å². The molecule has 0 aliphatic rings. The Balaban J connectivity index is 1.66. The molecule has 0 heterocycles. The smallest absolute Gasteiger partial charge is 0.410 e. The maximum atomic E-state index is 12.4. The summed E-state index contributed by atoms with van der Waals surface area (Å²) in [5.41, 5.74) is 5.91. The first-order valence-corrected chi connectivity index (χ1v) is 14.9. The van der Waals surface area contributed by atoms with Gasteiger partial charge in [-0.05, 0) is 112 Å². The van der Waals surface area contributed by atoms with Gasteiger partial charge in [-0.3, -0.25) is 0 Å². The molecule has 3 aromatic rings. The van der Waals surface area contributed by atoms with Crippen LogP contribution in [0.4, 0.5) is 43.4 Å². The highest BCUT2D eigenvalue weighted by molar-refractivity contribution is 5.88. The number of carbonyl (C=O) groups is 2. The predicted octanol–water partition coefficient (Wildman–Crippen LogP) is 9.74. The lowest BCUT2D eigenvalue weighted by Crippen LogP contribution is -2.12.